The minimum Gasteiger partial charge on any atom is -0.493 e. The lowest BCUT2D eigenvalue weighted by molar-refractivity contribution is -0.163. The first-order chi connectivity index (χ1) is 23.1. The Bertz CT molecular complexity index is 1520. The maximum atomic E-state index is 12.6. The molecular weight excluding hydrogens is 657 g/mol. The van der Waals surface area contributed by atoms with Crippen LogP contribution in [-0.4, -0.2) is 95.1 Å². The van der Waals surface area contributed by atoms with Crippen molar-refractivity contribution in [3.8, 4) is 17.2 Å². The topological polar surface area (TPSA) is 159 Å². The predicted octanol–water partition coefficient (Wildman–Crippen LogP) is 2.63. The van der Waals surface area contributed by atoms with Crippen LogP contribution in [0, 0.1) is 11.8 Å². The number of methoxy groups -OCH3 is 2. The lowest BCUT2D eigenvalue weighted by Crippen LogP contribution is -2.63. The molecule has 5 rings (SSSR count). The molecule has 3 heterocycles. The molecule has 48 heavy (non-hydrogen) atoms. The van der Waals surface area contributed by atoms with E-state index >= 15 is 0 Å². The maximum absolute atomic E-state index is 12.6. The van der Waals surface area contributed by atoms with Gasteiger partial charge >= 0.3 is 5.97 Å². The zero-order chi connectivity index (χ0) is 34.4. The van der Waals surface area contributed by atoms with Crippen molar-refractivity contribution < 1.29 is 38.2 Å². The van der Waals surface area contributed by atoms with E-state index in [1.54, 1.807) is 21.1 Å². The Balaban J connectivity index is 0.988. The van der Waals surface area contributed by atoms with E-state index in [0.29, 0.717) is 31.1 Å². The van der Waals surface area contributed by atoms with Crippen molar-refractivity contribution in [2.24, 2.45) is 11.8 Å². The van der Waals surface area contributed by atoms with Gasteiger partial charge in [0.1, 0.15) is 18.1 Å². The van der Waals surface area contributed by atoms with E-state index < -0.39 is 29.2 Å². The maximum Gasteiger partial charge on any atom is 0.353 e. The number of hydrogen-bond acceptors (Lipinski definition) is 9. The molecule has 3 aliphatic heterocycles. The summed E-state index contributed by atoms with van der Waals surface area (Å²) in [6.07, 6.45) is 2.73. The number of aryl methyl sites for hydroxylation is 2. The number of benzene rings is 2. The largest absolute Gasteiger partial charge is 0.493 e. The molecule has 2 fully saturated rings. The fourth-order valence-electron chi connectivity index (χ4n) is 6.74. The molecular formula is C34H46N4O8S2. The van der Waals surface area contributed by atoms with E-state index in [-0.39, 0.29) is 34.9 Å². The van der Waals surface area contributed by atoms with Crippen molar-refractivity contribution in [2.45, 2.75) is 63.0 Å². The van der Waals surface area contributed by atoms with Crippen LogP contribution in [-0.2, 0) is 33.6 Å². The highest BCUT2D eigenvalue weighted by Crippen LogP contribution is 2.51. The minimum atomic E-state index is -1.45. The third kappa shape index (κ3) is 8.35. The van der Waals surface area contributed by atoms with Crippen molar-refractivity contribution in [3.63, 3.8) is 0 Å². The van der Waals surface area contributed by atoms with Crippen LogP contribution in [0.1, 0.15) is 37.8 Å². The molecule has 2 aromatic carbocycles. The van der Waals surface area contributed by atoms with Gasteiger partial charge in [0.25, 0.3) is 0 Å². The lowest BCUT2D eigenvalue weighted by Gasteiger charge is -2.46. The summed E-state index contributed by atoms with van der Waals surface area (Å²) in [6, 6.07) is 13.8. The van der Waals surface area contributed by atoms with Crippen molar-refractivity contribution in [1.82, 2.24) is 19.7 Å². The third-order valence-electron chi connectivity index (χ3n) is 9.13. The smallest absolute Gasteiger partial charge is 0.353 e. The quantitative estimate of drug-likeness (QED) is 0.116. The fourth-order valence-corrected chi connectivity index (χ4v) is 8.98. The number of carboxylic acid groups (broad SMARTS) is 1. The van der Waals surface area contributed by atoms with Gasteiger partial charge in [-0.05, 0) is 68.0 Å². The summed E-state index contributed by atoms with van der Waals surface area (Å²) in [5.41, 5.74) is 2.43. The molecule has 3 aliphatic rings. The van der Waals surface area contributed by atoms with Gasteiger partial charge in [0.2, 0.25) is 5.91 Å². The lowest BCUT2D eigenvalue weighted by atomic mass is 9.79. The van der Waals surface area contributed by atoms with E-state index in [4.69, 9.17) is 14.2 Å². The number of aliphatic hydroxyl groups is 1. The Hall–Kier alpha value is -3.14. The molecule has 2 aromatic rings. The summed E-state index contributed by atoms with van der Waals surface area (Å²) < 4.78 is 35.1. The molecule has 2 unspecified atom stereocenters. The van der Waals surface area contributed by atoms with Crippen LogP contribution in [0.5, 0.6) is 17.2 Å². The zero-order valence-corrected chi connectivity index (χ0v) is 29.4. The second-order valence-corrected chi connectivity index (χ2v) is 14.9. The number of rotatable bonds is 18. The second-order valence-electron chi connectivity index (χ2n) is 12.4. The second kappa shape index (κ2) is 16.5. The van der Waals surface area contributed by atoms with Crippen LogP contribution < -0.4 is 29.0 Å². The number of carbonyl (C=O) groups excluding carboxylic acids is 1. The number of hydrogen-bond donors (Lipinski definition) is 5. The Kier molecular flexibility index (Phi) is 12.4. The first kappa shape index (κ1) is 36.1. The minimum absolute atomic E-state index is 0.0475. The first-order valence-corrected chi connectivity index (χ1v) is 18.3. The normalized spacial score (nSPS) is 24.6. The molecule has 0 aliphatic carbocycles. The van der Waals surface area contributed by atoms with Gasteiger partial charge in [-0.1, -0.05) is 25.1 Å². The first-order valence-electron chi connectivity index (χ1n) is 16.3. The summed E-state index contributed by atoms with van der Waals surface area (Å²) in [5, 5.41) is 23.5. The molecule has 0 radical (unpaired) electrons. The van der Waals surface area contributed by atoms with Crippen LogP contribution in [0.25, 0.3) is 0 Å². The predicted molar refractivity (Wildman–Crippen MR) is 185 cm³/mol. The number of ether oxygens (including phenoxy) is 3. The average molecular weight is 703 g/mol. The van der Waals surface area contributed by atoms with Crippen molar-refractivity contribution in [1.29, 1.82) is 0 Å². The molecule has 1 amide bonds. The molecule has 2 saturated heterocycles. The SMILES string of the molecule is COc1ccc(CCCc2cccc(OCCNS(=O)NC[C@@H]3C[C@H](SC4=C(C(=O)O)N5C(=O)[C@H]([C@@H](C)O)C5[C@H]4C)CN3)c2)cc1OC. The van der Waals surface area contributed by atoms with Crippen molar-refractivity contribution in [3.05, 3.63) is 64.2 Å². The number of nitrogens with one attached hydrogen (secondary N) is 3. The van der Waals surface area contributed by atoms with Gasteiger partial charge in [-0.25, -0.2) is 18.4 Å². The van der Waals surface area contributed by atoms with Crippen molar-refractivity contribution in [2.75, 3.05) is 40.5 Å². The van der Waals surface area contributed by atoms with E-state index in [1.807, 2.05) is 37.3 Å². The number of carboxylic acids is 1. The Morgan fingerprint density at radius 2 is 1.88 bits per heavy atom. The number of amides is 1. The fraction of sp³-hybridized carbons (Fsp3) is 0.529. The summed E-state index contributed by atoms with van der Waals surface area (Å²) >= 11 is 0.0473. The molecule has 0 spiro atoms. The molecule has 12 nitrogen and oxygen atoms in total. The third-order valence-corrected chi connectivity index (χ3v) is 11.5. The van der Waals surface area contributed by atoms with Gasteiger partial charge in [0.15, 0.2) is 22.7 Å². The number of thioether (sulfide) groups is 1. The highest BCUT2D eigenvalue weighted by molar-refractivity contribution is 8.03. The Morgan fingerprint density at radius 3 is 2.58 bits per heavy atom. The van der Waals surface area contributed by atoms with Gasteiger partial charge in [-0.2, -0.15) is 0 Å². The highest BCUT2D eigenvalue weighted by atomic mass is 32.2. The number of nitrogens with zero attached hydrogens (tertiary/aromatic N) is 1. The average Bonchev–Trinajstić information content (AvgIpc) is 3.62. The van der Waals surface area contributed by atoms with E-state index in [9.17, 15) is 24.0 Å². The molecule has 0 aromatic heterocycles. The Labute approximate surface area is 288 Å². The molecule has 0 saturated carbocycles. The van der Waals surface area contributed by atoms with Crippen LogP contribution in [0.2, 0.25) is 0 Å². The number of fused-ring (bicyclic) bond motifs is 1. The summed E-state index contributed by atoms with van der Waals surface area (Å²) in [5.74, 6) is 0.0505. The van der Waals surface area contributed by atoms with Crippen LogP contribution in [0.3, 0.4) is 0 Å². The summed E-state index contributed by atoms with van der Waals surface area (Å²) in [6.45, 7) is 5.40. The molecule has 0 bridgehead atoms. The molecule has 5 N–H and O–H groups in total. The zero-order valence-electron chi connectivity index (χ0n) is 27.8. The monoisotopic (exact) mass is 702 g/mol. The van der Waals surface area contributed by atoms with E-state index in [1.165, 1.54) is 27.8 Å². The van der Waals surface area contributed by atoms with Gasteiger partial charge in [-0.3, -0.25) is 4.79 Å². The summed E-state index contributed by atoms with van der Waals surface area (Å²) in [7, 11) is 3.27. The highest BCUT2D eigenvalue weighted by Gasteiger charge is 2.60. The van der Waals surface area contributed by atoms with Crippen LogP contribution >= 0.6 is 11.8 Å². The Morgan fingerprint density at radius 1 is 1.12 bits per heavy atom. The number of carbonyl (C=O) groups is 2. The molecule has 7 atom stereocenters. The summed E-state index contributed by atoms with van der Waals surface area (Å²) in [4.78, 5) is 26.7. The number of aliphatic hydroxyl groups excluding tert-OH is 1. The van der Waals surface area contributed by atoms with Crippen LogP contribution in [0.15, 0.2) is 53.1 Å². The van der Waals surface area contributed by atoms with Crippen LogP contribution in [0.4, 0.5) is 0 Å². The van der Waals surface area contributed by atoms with Gasteiger partial charge < -0.3 is 34.6 Å². The van der Waals surface area contributed by atoms with Gasteiger partial charge in [0, 0.05) is 41.7 Å². The molecule has 14 heteroatoms. The van der Waals surface area contributed by atoms with Crippen molar-refractivity contribution >= 4 is 34.8 Å². The van der Waals surface area contributed by atoms with E-state index in [2.05, 4.69) is 26.9 Å². The number of β-lactam (4-membered cyclic amide) rings is 1. The van der Waals surface area contributed by atoms with Gasteiger partial charge in [-0.15, -0.1) is 11.8 Å². The number of aliphatic carboxylic acids is 1. The van der Waals surface area contributed by atoms with E-state index in [0.717, 1.165) is 42.9 Å². The standard InChI is InChI=1S/C34H46N4O8S2/c1-20-30-29(21(2)39)33(40)38(30)31(34(41)42)32(20)47-26-17-24(35-19-26)18-37-48(43)36-13-14-46-25-10-6-9-22(15-25)7-5-8-23-11-12-27(44-3)28(16-23)45-4/h6,9-12,15-16,20-21,24,26,29-30,35-37,39H,5,7-8,13-14,17-19H2,1-4H3,(H,41,42)/t20-,21-,24+,26+,29-,30?,48?/m1/s1. The molecule has 262 valence electrons. The van der Waals surface area contributed by atoms with Gasteiger partial charge in [0.05, 0.1) is 32.3 Å².